The normalized spacial score (nSPS) is 11.9. The van der Waals surface area contributed by atoms with E-state index in [9.17, 15) is 62.8 Å². The minimum absolute atomic E-state index is 0. The van der Waals surface area contributed by atoms with E-state index < -0.39 is 92.2 Å². The molecule has 0 unspecified atom stereocenters. The van der Waals surface area contributed by atoms with Crippen molar-refractivity contribution in [1.82, 2.24) is 15.0 Å². The number of aromatic hydroxyl groups is 1. The van der Waals surface area contributed by atoms with Gasteiger partial charge < -0.3 is 40.7 Å². The number of aromatic nitrogens is 3. The molecule has 5 aromatic carbocycles. The van der Waals surface area contributed by atoms with Crippen LogP contribution in [0.25, 0.3) is 10.8 Å². The number of fused-ring (bicyclic) bond motifs is 1. The van der Waals surface area contributed by atoms with Gasteiger partial charge in [0, 0.05) is 22.1 Å². The van der Waals surface area contributed by atoms with Crippen LogP contribution in [0.3, 0.4) is 0 Å². The number of anilines is 5. The van der Waals surface area contributed by atoms with Crippen LogP contribution in [0.5, 0.6) is 5.75 Å². The first-order valence-corrected chi connectivity index (χ1v) is 27.2. The van der Waals surface area contributed by atoms with E-state index in [-0.39, 0.29) is 208 Å². The van der Waals surface area contributed by atoms with Crippen molar-refractivity contribution in [3.63, 3.8) is 0 Å². The fourth-order valence-corrected chi connectivity index (χ4v) is 10.2. The van der Waals surface area contributed by atoms with Crippen LogP contribution in [0, 0.1) is 6.08 Å². The SMILES string of the molecule is CCCS(=O)(=O)c1ccc(Nc2nc(F)nc(Nc3ccc(S(=O)(=O)[O-])c(N=Nc4c(SOO[O-])cc5c(N=Nc6ccc(S(=O)(=O)CCOSOO[O-])cc6)c(NCS(=O)(=O)[O-])ccc5c4O)c3)n2)cc1.[Na+].[Na+].[Na+].[Na+]. The first-order valence-electron chi connectivity index (χ1n) is 19.5. The van der Waals surface area contributed by atoms with E-state index >= 15 is 0 Å². The Hall–Kier alpha value is -2.16. The molecule has 0 aliphatic rings. The molecule has 1 aromatic heterocycles. The molecule has 6 aromatic rings. The van der Waals surface area contributed by atoms with Crippen molar-refractivity contribution in [2.45, 2.75) is 32.9 Å². The zero-order chi connectivity index (χ0) is 52.3. The van der Waals surface area contributed by atoms with Gasteiger partial charge in [0.15, 0.2) is 37.7 Å². The molecule has 0 saturated heterocycles. The van der Waals surface area contributed by atoms with E-state index in [1.807, 2.05) is 0 Å². The molecule has 28 nitrogen and oxygen atoms in total. The zero-order valence-corrected chi connectivity index (χ0v) is 52.9. The Morgan fingerprint density at radius 1 is 0.671 bits per heavy atom. The third-order valence-corrected chi connectivity index (χ3v) is 15.1. The van der Waals surface area contributed by atoms with Crippen LogP contribution in [0.4, 0.5) is 56.1 Å². The molecule has 384 valence electrons. The first-order chi connectivity index (χ1) is 34.1. The Balaban J connectivity index is 0.00000494. The molecule has 0 spiro atoms. The van der Waals surface area contributed by atoms with Crippen LogP contribution in [-0.2, 0) is 62.8 Å². The van der Waals surface area contributed by atoms with E-state index in [0.717, 1.165) is 24.3 Å². The third-order valence-electron chi connectivity index (χ3n) is 9.09. The average molecular weight is 1210 g/mol. The van der Waals surface area contributed by atoms with Crippen molar-refractivity contribution in [3.05, 3.63) is 91.0 Å². The molecule has 6 rings (SSSR count). The fraction of sp³-hybridized carbons (Fsp3) is 0.162. The van der Waals surface area contributed by atoms with Gasteiger partial charge in [-0.25, -0.2) is 33.7 Å². The van der Waals surface area contributed by atoms with E-state index in [4.69, 9.17) is 4.18 Å². The smallest absolute Gasteiger partial charge is 0.747 e. The van der Waals surface area contributed by atoms with Crippen molar-refractivity contribution >= 4 is 127 Å². The molecule has 0 bridgehead atoms. The van der Waals surface area contributed by atoms with Crippen molar-refractivity contribution in [2.75, 3.05) is 39.9 Å². The molecule has 0 aliphatic heterocycles. The van der Waals surface area contributed by atoms with Crippen LogP contribution in [0.2, 0.25) is 0 Å². The van der Waals surface area contributed by atoms with E-state index in [1.54, 1.807) is 6.92 Å². The molecule has 1 heterocycles. The molecular formula is C37H31FN10Na4O18S6. The van der Waals surface area contributed by atoms with Crippen LogP contribution < -0.4 is 145 Å². The summed E-state index contributed by atoms with van der Waals surface area (Å²) in [5.74, 6) is -3.36. The topological polar surface area (TPSA) is 419 Å². The summed E-state index contributed by atoms with van der Waals surface area (Å²) < 4.78 is 150. The molecule has 0 saturated carbocycles. The summed E-state index contributed by atoms with van der Waals surface area (Å²) in [5.41, 5.74) is -1.46. The summed E-state index contributed by atoms with van der Waals surface area (Å²) in [7, 11) is -17.7. The van der Waals surface area contributed by atoms with Crippen molar-refractivity contribution in [1.29, 1.82) is 0 Å². The Labute approximate surface area is 529 Å². The Morgan fingerprint density at radius 2 is 1.25 bits per heavy atom. The summed E-state index contributed by atoms with van der Waals surface area (Å²) in [6, 6.07) is 16.7. The zero-order valence-electron chi connectivity index (χ0n) is 40.0. The third kappa shape index (κ3) is 20.1. The van der Waals surface area contributed by atoms with Crippen molar-refractivity contribution < 1.29 is 204 Å². The largest absolute Gasteiger partial charge is 1.00 e. The number of phenolic OH excluding ortho intramolecular Hbond substituents is 1. The number of azo groups is 2. The predicted octanol–water partition coefficient (Wildman–Crippen LogP) is -6.99. The minimum atomic E-state index is -5.31. The van der Waals surface area contributed by atoms with Gasteiger partial charge in [-0.3, -0.25) is 14.3 Å². The summed E-state index contributed by atoms with van der Waals surface area (Å²) >= 11 is 0.248. The maximum Gasteiger partial charge on any atom is 1.00 e. The van der Waals surface area contributed by atoms with Gasteiger partial charge >= 0.3 is 124 Å². The second-order valence-electron chi connectivity index (χ2n) is 13.9. The predicted molar refractivity (Wildman–Crippen MR) is 244 cm³/mol. The van der Waals surface area contributed by atoms with Gasteiger partial charge in [-0.1, -0.05) is 6.92 Å². The molecular weight excluding hydrogens is 1180 g/mol. The minimum Gasteiger partial charge on any atom is -0.747 e. The van der Waals surface area contributed by atoms with Gasteiger partial charge in [0.2, 0.25) is 11.9 Å². The van der Waals surface area contributed by atoms with E-state index in [1.165, 1.54) is 60.7 Å². The van der Waals surface area contributed by atoms with E-state index in [2.05, 4.69) is 70.1 Å². The maximum atomic E-state index is 14.7. The molecule has 4 N–H and O–H groups in total. The molecule has 0 fully saturated rings. The van der Waals surface area contributed by atoms with Gasteiger partial charge in [0.25, 0.3) is 0 Å². The summed E-state index contributed by atoms with van der Waals surface area (Å²) in [5, 5.41) is 62.5. The maximum absolute atomic E-state index is 14.7. The number of hydrogen-bond donors (Lipinski definition) is 4. The molecule has 0 aliphatic carbocycles. The number of rotatable bonds is 25. The number of hydrogen-bond acceptors (Lipinski definition) is 30. The molecule has 0 amide bonds. The van der Waals surface area contributed by atoms with Gasteiger partial charge in [-0.05, 0) is 91.3 Å². The number of sulfone groups is 2. The second-order valence-corrected chi connectivity index (χ2v) is 22.2. The monoisotopic (exact) mass is 1210 g/mol. The van der Waals surface area contributed by atoms with Crippen molar-refractivity contribution in [2.24, 2.45) is 20.5 Å². The number of benzene rings is 5. The Morgan fingerprint density at radius 3 is 1.84 bits per heavy atom. The molecule has 0 radical (unpaired) electrons. The second kappa shape index (κ2) is 31.7. The van der Waals surface area contributed by atoms with Gasteiger partial charge in [-0.15, -0.1) is 19.7 Å². The van der Waals surface area contributed by atoms with Crippen LogP contribution in [0.15, 0.2) is 125 Å². The summed E-state index contributed by atoms with van der Waals surface area (Å²) in [4.78, 5) is 9.82. The first kappa shape index (κ1) is 69.9. The summed E-state index contributed by atoms with van der Waals surface area (Å²) in [6.45, 7) is 1.32. The van der Waals surface area contributed by atoms with Crippen LogP contribution >= 0.6 is 24.4 Å². The average Bonchev–Trinajstić information content (AvgIpc) is 3.31. The fourth-order valence-electron chi connectivity index (χ4n) is 6.03. The molecule has 0 atom stereocenters. The van der Waals surface area contributed by atoms with Crippen molar-refractivity contribution in [3.8, 4) is 5.75 Å². The van der Waals surface area contributed by atoms with E-state index in [0.29, 0.717) is 6.42 Å². The number of halogens is 1. The Bertz CT molecular complexity index is 3480. The number of nitrogens with zero attached hydrogens (tertiary/aromatic N) is 7. The van der Waals surface area contributed by atoms with Crippen LogP contribution in [0.1, 0.15) is 13.3 Å². The van der Waals surface area contributed by atoms with Gasteiger partial charge in [0.05, 0.1) is 61.1 Å². The quantitative estimate of drug-likeness (QED) is 0.00787. The number of phenols is 1. The van der Waals surface area contributed by atoms with Crippen LogP contribution in [-0.4, -0.2) is 86.8 Å². The Kier molecular flexibility index (Phi) is 29.2. The standard InChI is InChI=1S/C37H35FN10O18S6.4Na/c1-2-16-69(52,53)24-8-3-21(4-9-24)40-36-42-35(38)43-37(44-36)41-23-7-14-31(72(59,60)61)29(18-23)46-48-33-30(67-65-63-50)19-27-26(34(33)49)12-13-28(39-20-71(56,57)58)32(27)47-45-22-5-10-25(11-6-22)70(54,55)17-15-62-68-66-64-51;;;;/h3-14,18-19,39,49-51H,2,15-17,20H2,1H3,(H,56,57,58)(H,59,60,61)(H2,40,41,42,43,44);;;;/q;4*+1/p-4. The molecule has 76 heavy (non-hydrogen) atoms. The summed E-state index contributed by atoms with van der Waals surface area (Å²) in [6.07, 6.45) is -0.892. The van der Waals surface area contributed by atoms with Gasteiger partial charge in [0.1, 0.15) is 43.2 Å². The number of nitrogens with one attached hydrogen (secondary N) is 3. The molecule has 39 heteroatoms. The van der Waals surface area contributed by atoms with Gasteiger partial charge in [-0.2, -0.15) is 28.8 Å².